The number of primary amides is 1. The summed E-state index contributed by atoms with van der Waals surface area (Å²) in [5.41, 5.74) is 11.8. The molecule has 0 spiro atoms. The number of anilines is 1. The van der Waals surface area contributed by atoms with Crippen LogP contribution in [0, 0.1) is 5.82 Å². The maximum Gasteiger partial charge on any atom is 0.242 e. The number of carbonyl (C=O) groups is 1. The molecule has 5 nitrogen and oxygen atoms in total. The van der Waals surface area contributed by atoms with E-state index < -0.39 is 11.9 Å². The third-order valence-corrected chi connectivity index (χ3v) is 3.05. The highest BCUT2D eigenvalue weighted by Gasteiger charge is 2.28. The van der Waals surface area contributed by atoms with Crippen molar-refractivity contribution in [3.8, 4) is 0 Å². The smallest absolute Gasteiger partial charge is 0.242 e. The summed E-state index contributed by atoms with van der Waals surface area (Å²) < 4.78 is 18.9. The van der Waals surface area contributed by atoms with Crippen LogP contribution in [0.4, 0.5) is 10.1 Å². The Bertz CT molecular complexity index is 453. The number of carbonyl (C=O) groups excluding carboxylic acids is 1. The summed E-state index contributed by atoms with van der Waals surface area (Å²) >= 11 is 0. The van der Waals surface area contributed by atoms with Gasteiger partial charge in [-0.15, -0.1) is 0 Å². The van der Waals surface area contributed by atoms with Gasteiger partial charge in [-0.3, -0.25) is 4.79 Å². The normalized spacial score (nSPS) is 19.9. The van der Waals surface area contributed by atoms with Gasteiger partial charge < -0.3 is 21.1 Å². The fraction of sp³-hybridized carbons (Fsp3) is 0.417. The predicted molar refractivity (Wildman–Crippen MR) is 65.4 cm³/mol. The number of halogens is 1. The molecule has 2 rings (SSSR count). The molecule has 0 radical (unpaired) electrons. The molecule has 1 aliphatic heterocycles. The molecule has 0 aliphatic carbocycles. The van der Waals surface area contributed by atoms with Crippen LogP contribution in [0.15, 0.2) is 18.2 Å². The van der Waals surface area contributed by atoms with E-state index in [2.05, 4.69) is 0 Å². The van der Waals surface area contributed by atoms with Crippen molar-refractivity contribution in [2.75, 3.05) is 24.7 Å². The molecule has 1 atom stereocenters. The first-order valence-electron chi connectivity index (χ1n) is 5.75. The van der Waals surface area contributed by atoms with Crippen LogP contribution in [0.5, 0.6) is 0 Å². The second-order valence-electron chi connectivity index (χ2n) is 4.17. The first-order chi connectivity index (χ1) is 8.63. The van der Waals surface area contributed by atoms with E-state index in [-0.39, 0.29) is 19.0 Å². The molecule has 1 amide bonds. The average molecular weight is 253 g/mol. The molecule has 1 aromatic carbocycles. The minimum atomic E-state index is -0.554. The van der Waals surface area contributed by atoms with Gasteiger partial charge in [-0.05, 0) is 12.1 Å². The second kappa shape index (κ2) is 5.32. The lowest BCUT2D eigenvalue weighted by atomic mass is 10.1. The van der Waals surface area contributed by atoms with Crippen LogP contribution >= 0.6 is 0 Å². The van der Waals surface area contributed by atoms with Gasteiger partial charge in [0.25, 0.3) is 0 Å². The summed E-state index contributed by atoms with van der Waals surface area (Å²) in [6.07, 6.45) is 0. The minimum absolute atomic E-state index is 0.147. The van der Waals surface area contributed by atoms with Crippen LogP contribution in [0.25, 0.3) is 0 Å². The van der Waals surface area contributed by atoms with Crippen molar-refractivity contribution in [3.05, 3.63) is 29.6 Å². The van der Waals surface area contributed by atoms with Gasteiger partial charge in [0.1, 0.15) is 11.9 Å². The molecule has 0 bridgehead atoms. The maximum atomic E-state index is 13.7. The predicted octanol–water partition coefficient (Wildman–Crippen LogP) is -0.0251. The van der Waals surface area contributed by atoms with E-state index >= 15 is 0 Å². The molecule has 1 fully saturated rings. The zero-order valence-corrected chi connectivity index (χ0v) is 9.93. The molecule has 6 heteroatoms. The van der Waals surface area contributed by atoms with Gasteiger partial charge in [0.05, 0.1) is 13.2 Å². The minimum Gasteiger partial charge on any atom is -0.377 e. The van der Waals surface area contributed by atoms with E-state index in [9.17, 15) is 9.18 Å². The Morgan fingerprint density at radius 1 is 1.56 bits per heavy atom. The van der Waals surface area contributed by atoms with Crippen molar-refractivity contribution in [2.24, 2.45) is 11.5 Å². The molecule has 1 unspecified atom stereocenters. The first kappa shape index (κ1) is 12.8. The van der Waals surface area contributed by atoms with Crippen LogP contribution in [0.3, 0.4) is 0 Å². The van der Waals surface area contributed by atoms with Gasteiger partial charge in [-0.2, -0.15) is 0 Å². The average Bonchev–Trinajstić information content (AvgIpc) is 2.38. The van der Waals surface area contributed by atoms with E-state index in [1.807, 2.05) is 0 Å². The van der Waals surface area contributed by atoms with Crippen LogP contribution in [-0.4, -0.2) is 31.7 Å². The molecule has 18 heavy (non-hydrogen) atoms. The quantitative estimate of drug-likeness (QED) is 0.793. The SMILES string of the molecule is NCc1ccc(N2CCOCC2C(N)=O)cc1F. The summed E-state index contributed by atoms with van der Waals surface area (Å²) in [6, 6.07) is 4.19. The second-order valence-corrected chi connectivity index (χ2v) is 4.17. The van der Waals surface area contributed by atoms with E-state index in [4.69, 9.17) is 16.2 Å². The topological polar surface area (TPSA) is 81.6 Å². The first-order valence-corrected chi connectivity index (χ1v) is 5.75. The zero-order valence-electron chi connectivity index (χ0n) is 9.93. The van der Waals surface area contributed by atoms with Crippen LogP contribution in [0.1, 0.15) is 5.56 Å². The third-order valence-electron chi connectivity index (χ3n) is 3.05. The number of morpholine rings is 1. The number of amides is 1. The number of rotatable bonds is 3. The van der Waals surface area contributed by atoms with Gasteiger partial charge in [0.15, 0.2) is 0 Å². The highest BCUT2D eigenvalue weighted by Crippen LogP contribution is 2.22. The number of benzene rings is 1. The summed E-state index contributed by atoms with van der Waals surface area (Å²) in [6.45, 7) is 1.38. The molecule has 0 aromatic heterocycles. The van der Waals surface area contributed by atoms with Crippen LogP contribution in [-0.2, 0) is 16.1 Å². The van der Waals surface area contributed by atoms with Crippen molar-refractivity contribution in [1.29, 1.82) is 0 Å². The molecule has 98 valence electrons. The molecule has 0 saturated carbocycles. The van der Waals surface area contributed by atoms with E-state index in [1.165, 1.54) is 6.07 Å². The number of ether oxygens (including phenoxy) is 1. The van der Waals surface area contributed by atoms with Crippen molar-refractivity contribution in [1.82, 2.24) is 0 Å². The molecule has 1 saturated heterocycles. The van der Waals surface area contributed by atoms with Crippen molar-refractivity contribution in [3.63, 3.8) is 0 Å². The molecular formula is C12H16FN3O2. The summed E-state index contributed by atoms with van der Waals surface area (Å²) in [4.78, 5) is 13.1. The number of hydrogen-bond donors (Lipinski definition) is 2. The Kier molecular flexibility index (Phi) is 3.78. The van der Waals surface area contributed by atoms with Gasteiger partial charge in [0.2, 0.25) is 5.91 Å². The summed E-state index contributed by atoms with van der Waals surface area (Å²) in [5.74, 6) is -0.845. The third kappa shape index (κ3) is 2.44. The van der Waals surface area contributed by atoms with Crippen molar-refractivity contribution in [2.45, 2.75) is 12.6 Å². The largest absolute Gasteiger partial charge is 0.377 e. The Balaban J connectivity index is 2.28. The number of hydrogen-bond acceptors (Lipinski definition) is 4. The van der Waals surface area contributed by atoms with Gasteiger partial charge in [0, 0.05) is 24.3 Å². The Morgan fingerprint density at radius 2 is 2.33 bits per heavy atom. The van der Waals surface area contributed by atoms with Gasteiger partial charge in [-0.25, -0.2) is 4.39 Å². The molecule has 4 N–H and O–H groups in total. The molecule has 1 aliphatic rings. The highest BCUT2D eigenvalue weighted by molar-refractivity contribution is 5.84. The Labute approximate surface area is 104 Å². The summed E-state index contributed by atoms with van der Waals surface area (Å²) in [7, 11) is 0. The number of nitrogens with zero attached hydrogens (tertiary/aromatic N) is 1. The van der Waals surface area contributed by atoms with Crippen molar-refractivity contribution >= 4 is 11.6 Å². The standard InChI is InChI=1S/C12H16FN3O2/c13-10-5-9(2-1-8(10)6-14)16-3-4-18-7-11(16)12(15)17/h1-2,5,11H,3-4,6-7,14H2,(H2,15,17). The Morgan fingerprint density at radius 3 is 2.94 bits per heavy atom. The lowest BCUT2D eigenvalue weighted by Gasteiger charge is -2.35. The van der Waals surface area contributed by atoms with Gasteiger partial charge >= 0.3 is 0 Å². The van der Waals surface area contributed by atoms with E-state index in [1.54, 1.807) is 17.0 Å². The lowest BCUT2D eigenvalue weighted by molar-refractivity contribution is -0.121. The van der Waals surface area contributed by atoms with Crippen molar-refractivity contribution < 1.29 is 13.9 Å². The summed E-state index contributed by atoms with van der Waals surface area (Å²) in [5, 5.41) is 0. The molecule has 1 heterocycles. The highest BCUT2D eigenvalue weighted by atomic mass is 19.1. The number of nitrogens with two attached hydrogens (primary N) is 2. The molecular weight excluding hydrogens is 237 g/mol. The zero-order chi connectivity index (χ0) is 13.1. The lowest BCUT2D eigenvalue weighted by Crippen LogP contribution is -2.52. The molecule has 1 aromatic rings. The fourth-order valence-corrected chi connectivity index (χ4v) is 2.03. The van der Waals surface area contributed by atoms with Gasteiger partial charge in [-0.1, -0.05) is 6.07 Å². The monoisotopic (exact) mass is 253 g/mol. The van der Waals surface area contributed by atoms with Crippen LogP contribution in [0.2, 0.25) is 0 Å². The van der Waals surface area contributed by atoms with E-state index in [0.717, 1.165) is 0 Å². The van der Waals surface area contributed by atoms with Crippen LogP contribution < -0.4 is 16.4 Å². The maximum absolute atomic E-state index is 13.7. The van der Waals surface area contributed by atoms with E-state index in [0.29, 0.717) is 24.4 Å². The fourth-order valence-electron chi connectivity index (χ4n) is 2.03. The Hall–Kier alpha value is -1.66.